The largest absolute Gasteiger partial charge is 0.456 e. The van der Waals surface area contributed by atoms with Gasteiger partial charge in [0, 0.05) is 16.8 Å². The summed E-state index contributed by atoms with van der Waals surface area (Å²) in [4.78, 5) is 17.3. The Hall–Kier alpha value is -2.97. The van der Waals surface area contributed by atoms with Gasteiger partial charge in [0.05, 0.1) is 5.57 Å². The molecular weight excluding hydrogens is 393 g/mol. The van der Waals surface area contributed by atoms with Crippen LogP contribution in [-0.4, -0.2) is 16.6 Å². The first-order valence-electron chi connectivity index (χ1n) is 9.74. The van der Waals surface area contributed by atoms with E-state index < -0.39 is 18.7 Å². The number of hydrogen-bond acceptors (Lipinski definition) is 4. The highest BCUT2D eigenvalue weighted by Crippen LogP contribution is 2.44. The number of carbonyl (C=O) groups excluding carboxylic acids is 1. The SMILES string of the molecule is C=C(C(=O)OC(C)(C)C)c1ccccc1P(=O)(c1ccccc1)c1ncccc1C. The lowest BCUT2D eigenvalue weighted by Gasteiger charge is -2.25. The highest BCUT2D eigenvalue weighted by Gasteiger charge is 2.36. The number of carbonyl (C=O) groups is 1. The van der Waals surface area contributed by atoms with Gasteiger partial charge < -0.3 is 9.30 Å². The Balaban J connectivity index is 2.25. The van der Waals surface area contributed by atoms with Crippen LogP contribution in [0, 0.1) is 6.92 Å². The topological polar surface area (TPSA) is 56.3 Å². The maximum absolute atomic E-state index is 14.8. The molecule has 2 aromatic carbocycles. The Kier molecular flexibility index (Phi) is 6.09. The predicted molar refractivity (Wildman–Crippen MR) is 123 cm³/mol. The van der Waals surface area contributed by atoms with Gasteiger partial charge in [-0.1, -0.05) is 67.2 Å². The van der Waals surface area contributed by atoms with Crippen LogP contribution in [0.1, 0.15) is 31.9 Å². The van der Waals surface area contributed by atoms with E-state index in [9.17, 15) is 9.36 Å². The van der Waals surface area contributed by atoms with Crippen LogP contribution in [0.3, 0.4) is 0 Å². The van der Waals surface area contributed by atoms with Crippen molar-refractivity contribution in [1.29, 1.82) is 0 Å². The number of aryl methyl sites for hydroxylation is 1. The molecule has 4 nitrogen and oxygen atoms in total. The number of rotatable bonds is 5. The van der Waals surface area contributed by atoms with E-state index in [1.807, 2.05) is 55.5 Å². The molecule has 30 heavy (non-hydrogen) atoms. The summed E-state index contributed by atoms with van der Waals surface area (Å²) in [7, 11) is -3.38. The van der Waals surface area contributed by atoms with Gasteiger partial charge in [-0.15, -0.1) is 0 Å². The molecule has 3 rings (SSSR count). The lowest BCUT2D eigenvalue weighted by atomic mass is 10.1. The molecule has 154 valence electrons. The van der Waals surface area contributed by atoms with Crippen LogP contribution in [0.5, 0.6) is 0 Å². The fourth-order valence-electron chi connectivity index (χ4n) is 3.27. The Bertz CT molecular complexity index is 1130. The molecule has 3 aromatic rings. The van der Waals surface area contributed by atoms with E-state index in [1.165, 1.54) is 0 Å². The molecule has 0 aliphatic heterocycles. The quantitative estimate of drug-likeness (QED) is 0.350. The second kappa shape index (κ2) is 8.41. The van der Waals surface area contributed by atoms with Crippen molar-refractivity contribution in [3.63, 3.8) is 0 Å². The first kappa shape index (κ1) is 21.7. The summed E-state index contributed by atoms with van der Waals surface area (Å²) in [6.07, 6.45) is 1.64. The summed E-state index contributed by atoms with van der Waals surface area (Å²) >= 11 is 0. The molecule has 0 radical (unpaired) electrons. The van der Waals surface area contributed by atoms with Gasteiger partial charge in [0.15, 0.2) is 7.14 Å². The molecule has 0 saturated carbocycles. The Morgan fingerprint density at radius 1 is 0.967 bits per heavy atom. The Labute approximate surface area is 178 Å². The third kappa shape index (κ3) is 4.29. The minimum Gasteiger partial charge on any atom is -0.456 e. The molecule has 1 heterocycles. The van der Waals surface area contributed by atoms with Gasteiger partial charge in [-0.3, -0.25) is 4.98 Å². The van der Waals surface area contributed by atoms with Crippen molar-refractivity contribution in [3.8, 4) is 0 Å². The predicted octanol–water partition coefficient (Wildman–Crippen LogP) is 4.38. The summed E-state index contributed by atoms with van der Waals surface area (Å²) in [6.45, 7) is 11.3. The van der Waals surface area contributed by atoms with Crippen molar-refractivity contribution in [3.05, 3.63) is 90.6 Å². The van der Waals surface area contributed by atoms with E-state index >= 15 is 0 Å². The van der Waals surface area contributed by atoms with Crippen LogP contribution in [0.4, 0.5) is 0 Å². The summed E-state index contributed by atoms with van der Waals surface area (Å²) in [6, 6.07) is 20.1. The molecule has 0 aliphatic carbocycles. The van der Waals surface area contributed by atoms with Crippen molar-refractivity contribution < 1.29 is 14.1 Å². The average molecular weight is 419 g/mol. The maximum atomic E-state index is 14.8. The van der Waals surface area contributed by atoms with Gasteiger partial charge in [0.25, 0.3) is 0 Å². The number of pyridine rings is 1. The Morgan fingerprint density at radius 3 is 2.23 bits per heavy atom. The van der Waals surface area contributed by atoms with E-state index in [0.29, 0.717) is 21.6 Å². The summed E-state index contributed by atoms with van der Waals surface area (Å²) in [5, 5.41) is 1.17. The number of benzene rings is 2. The number of nitrogens with zero attached hydrogens (tertiary/aromatic N) is 1. The number of aromatic nitrogens is 1. The lowest BCUT2D eigenvalue weighted by Crippen LogP contribution is -2.31. The standard InChI is InChI=1S/C25H26NO3P/c1-18-12-11-17-26-23(18)30(28,20-13-7-6-8-14-20)22-16-10-9-15-21(22)19(2)24(27)29-25(3,4)5/h6-17H,2H2,1,3-5H3. The van der Waals surface area contributed by atoms with Crippen molar-refractivity contribution >= 4 is 34.7 Å². The molecular formula is C25H26NO3P. The second-order valence-electron chi connectivity index (χ2n) is 8.09. The maximum Gasteiger partial charge on any atom is 0.338 e. The molecule has 0 saturated heterocycles. The van der Waals surface area contributed by atoms with Crippen LogP contribution in [0.15, 0.2) is 79.5 Å². The van der Waals surface area contributed by atoms with E-state index in [4.69, 9.17) is 4.74 Å². The monoisotopic (exact) mass is 419 g/mol. The Morgan fingerprint density at radius 2 is 1.60 bits per heavy atom. The van der Waals surface area contributed by atoms with Gasteiger partial charge in [0.1, 0.15) is 11.0 Å². The first-order valence-corrected chi connectivity index (χ1v) is 11.5. The third-order valence-electron chi connectivity index (χ3n) is 4.61. The molecule has 0 amide bonds. The lowest BCUT2D eigenvalue weighted by molar-refractivity contribution is -0.147. The zero-order valence-electron chi connectivity index (χ0n) is 17.8. The van der Waals surface area contributed by atoms with Crippen LogP contribution >= 0.6 is 7.14 Å². The fraction of sp³-hybridized carbons (Fsp3) is 0.200. The molecule has 1 unspecified atom stereocenters. The van der Waals surface area contributed by atoms with Crippen molar-refractivity contribution in [2.45, 2.75) is 33.3 Å². The van der Waals surface area contributed by atoms with Gasteiger partial charge in [-0.25, -0.2) is 4.79 Å². The van der Waals surface area contributed by atoms with Crippen molar-refractivity contribution in [2.24, 2.45) is 0 Å². The van der Waals surface area contributed by atoms with Crippen LogP contribution in [-0.2, 0) is 14.1 Å². The molecule has 5 heteroatoms. The van der Waals surface area contributed by atoms with E-state index in [2.05, 4.69) is 11.6 Å². The van der Waals surface area contributed by atoms with Gasteiger partial charge >= 0.3 is 5.97 Å². The van der Waals surface area contributed by atoms with E-state index in [1.54, 1.807) is 45.2 Å². The van der Waals surface area contributed by atoms with Gasteiger partial charge in [-0.2, -0.15) is 0 Å². The van der Waals surface area contributed by atoms with Crippen LogP contribution < -0.4 is 16.0 Å². The number of esters is 1. The zero-order valence-corrected chi connectivity index (χ0v) is 18.6. The smallest absolute Gasteiger partial charge is 0.338 e. The molecule has 1 aromatic heterocycles. The van der Waals surface area contributed by atoms with Crippen molar-refractivity contribution in [1.82, 2.24) is 4.98 Å². The first-order chi connectivity index (χ1) is 14.1. The summed E-state index contributed by atoms with van der Waals surface area (Å²) in [5.74, 6) is -0.535. The molecule has 0 bridgehead atoms. The second-order valence-corrected chi connectivity index (χ2v) is 10.7. The summed E-state index contributed by atoms with van der Waals surface area (Å²) < 4.78 is 20.3. The molecule has 0 fully saturated rings. The minimum absolute atomic E-state index is 0.172. The van der Waals surface area contributed by atoms with Crippen LogP contribution in [0.25, 0.3) is 5.57 Å². The van der Waals surface area contributed by atoms with E-state index in [0.717, 1.165) is 5.56 Å². The minimum atomic E-state index is -3.38. The van der Waals surface area contributed by atoms with Crippen LogP contribution in [0.2, 0.25) is 0 Å². The summed E-state index contributed by atoms with van der Waals surface area (Å²) in [5.41, 5.74) is 1.34. The number of hydrogen-bond donors (Lipinski definition) is 0. The van der Waals surface area contributed by atoms with E-state index in [-0.39, 0.29) is 5.57 Å². The highest BCUT2D eigenvalue weighted by atomic mass is 31.2. The van der Waals surface area contributed by atoms with Crippen molar-refractivity contribution in [2.75, 3.05) is 0 Å². The average Bonchev–Trinajstić information content (AvgIpc) is 2.72. The normalized spacial score (nSPS) is 13.3. The highest BCUT2D eigenvalue weighted by molar-refractivity contribution is 7.85. The van der Waals surface area contributed by atoms with Gasteiger partial charge in [0.2, 0.25) is 0 Å². The molecule has 1 atom stereocenters. The number of ether oxygens (including phenoxy) is 1. The molecule has 0 spiro atoms. The molecule has 0 N–H and O–H groups in total. The molecule has 0 aliphatic rings. The zero-order chi connectivity index (χ0) is 21.9. The van der Waals surface area contributed by atoms with Gasteiger partial charge in [-0.05, 0) is 44.9 Å². The third-order valence-corrected chi connectivity index (χ3v) is 7.77. The fourth-order valence-corrected chi connectivity index (χ4v) is 6.26.